The Labute approximate surface area is 114 Å². The number of rotatable bonds is 4. The van der Waals surface area contributed by atoms with Crippen molar-refractivity contribution in [1.29, 1.82) is 5.26 Å². The van der Waals surface area contributed by atoms with Crippen molar-refractivity contribution in [2.24, 2.45) is 0 Å². The summed E-state index contributed by atoms with van der Waals surface area (Å²) >= 11 is 0. The average molecular weight is 260 g/mol. The molecule has 1 atom stereocenters. The lowest BCUT2D eigenvalue weighted by atomic mass is 10.1. The normalized spacial score (nSPS) is 12.6. The van der Waals surface area contributed by atoms with Crippen molar-refractivity contribution >= 4 is 5.91 Å². The second-order valence-corrected chi connectivity index (χ2v) is 5.50. The van der Waals surface area contributed by atoms with Crippen LogP contribution in [0.25, 0.3) is 0 Å². The third-order valence-corrected chi connectivity index (χ3v) is 2.44. The number of hydrogen-bond donors (Lipinski definition) is 2. The summed E-state index contributed by atoms with van der Waals surface area (Å²) < 4.78 is 0. The van der Waals surface area contributed by atoms with Crippen LogP contribution in [0.5, 0.6) is 0 Å². The molecule has 0 saturated carbocycles. The van der Waals surface area contributed by atoms with E-state index in [4.69, 9.17) is 5.26 Å². The lowest BCUT2D eigenvalue weighted by Crippen LogP contribution is -2.49. The summed E-state index contributed by atoms with van der Waals surface area (Å²) in [5.41, 5.74) is 1.07. The molecule has 1 unspecified atom stereocenters. The molecule has 102 valence electrons. The molecule has 0 fully saturated rings. The molecule has 5 nitrogen and oxygen atoms in total. The fraction of sp³-hybridized carbons (Fsp3) is 0.500. The van der Waals surface area contributed by atoms with Crippen molar-refractivity contribution < 1.29 is 4.79 Å². The van der Waals surface area contributed by atoms with Crippen molar-refractivity contribution in [3.63, 3.8) is 0 Å². The van der Waals surface area contributed by atoms with Crippen LogP contribution in [0.2, 0.25) is 0 Å². The van der Waals surface area contributed by atoms with Gasteiger partial charge in [0.25, 0.3) is 0 Å². The summed E-state index contributed by atoms with van der Waals surface area (Å²) in [5.74, 6) is -0.0398. The number of hydrogen-bond acceptors (Lipinski definition) is 4. The summed E-state index contributed by atoms with van der Waals surface area (Å²) in [5, 5.41) is 14.8. The fourth-order valence-corrected chi connectivity index (χ4v) is 1.49. The molecule has 0 spiro atoms. The van der Waals surface area contributed by atoms with E-state index in [0.29, 0.717) is 12.2 Å². The van der Waals surface area contributed by atoms with Gasteiger partial charge in [-0.05, 0) is 45.4 Å². The van der Waals surface area contributed by atoms with E-state index in [0.717, 1.165) is 5.56 Å². The van der Waals surface area contributed by atoms with Gasteiger partial charge in [0.05, 0.1) is 6.04 Å². The lowest BCUT2D eigenvalue weighted by Gasteiger charge is -2.23. The highest BCUT2D eigenvalue weighted by molar-refractivity contribution is 5.81. The Morgan fingerprint density at radius 3 is 2.79 bits per heavy atom. The number of carbonyl (C=O) groups excluding carboxylic acids is 1. The number of amides is 1. The van der Waals surface area contributed by atoms with Crippen LogP contribution in [0.3, 0.4) is 0 Å². The highest BCUT2D eigenvalue weighted by atomic mass is 16.2. The van der Waals surface area contributed by atoms with E-state index in [2.05, 4.69) is 15.6 Å². The Morgan fingerprint density at radius 2 is 2.21 bits per heavy atom. The van der Waals surface area contributed by atoms with Gasteiger partial charge in [-0.25, -0.2) is 4.98 Å². The van der Waals surface area contributed by atoms with Crippen LogP contribution in [0.15, 0.2) is 18.3 Å². The molecule has 0 aliphatic heterocycles. The van der Waals surface area contributed by atoms with E-state index in [1.807, 2.05) is 39.8 Å². The Morgan fingerprint density at radius 1 is 1.53 bits per heavy atom. The molecule has 2 N–H and O–H groups in total. The molecule has 0 aromatic carbocycles. The smallest absolute Gasteiger partial charge is 0.237 e. The molecule has 0 bridgehead atoms. The SMILES string of the molecule is CC(NCc1ccnc(C#N)c1)C(=O)NC(C)(C)C. The topological polar surface area (TPSA) is 77.8 Å². The van der Waals surface area contributed by atoms with Crippen LogP contribution in [0.1, 0.15) is 39.0 Å². The largest absolute Gasteiger partial charge is 0.350 e. The Bertz CT molecular complexity index is 485. The quantitative estimate of drug-likeness (QED) is 0.856. The van der Waals surface area contributed by atoms with Gasteiger partial charge in [0, 0.05) is 18.3 Å². The zero-order valence-corrected chi connectivity index (χ0v) is 11.8. The molecule has 0 radical (unpaired) electrons. The average Bonchev–Trinajstić information content (AvgIpc) is 2.34. The number of nitrogens with one attached hydrogen (secondary N) is 2. The minimum atomic E-state index is -0.294. The maximum Gasteiger partial charge on any atom is 0.237 e. The van der Waals surface area contributed by atoms with Crippen molar-refractivity contribution in [1.82, 2.24) is 15.6 Å². The second-order valence-electron chi connectivity index (χ2n) is 5.50. The van der Waals surface area contributed by atoms with Gasteiger partial charge in [0.1, 0.15) is 11.8 Å². The van der Waals surface area contributed by atoms with Gasteiger partial charge in [-0.3, -0.25) is 4.79 Å². The fourth-order valence-electron chi connectivity index (χ4n) is 1.49. The molecule has 1 heterocycles. The molecule has 1 amide bonds. The van der Waals surface area contributed by atoms with Crippen molar-refractivity contribution in [2.75, 3.05) is 0 Å². The molecule has 0 aliphatic rings. The summed E-state index contributed by atoms with van der Waals surface area (Å²) in [4.78, 5) is 15.8. The molecule has 0 saturated heterocycles. The summed E-state index contributed by atoms with van der Waals surface area (Å²) in [6.07, 6.45) is 1.59. The lowest BCUT2D eigenvalue weighted by molar-refractivity contribution is -0.124. The summed E-state index contributed by atoms with van der Waals surface area (Å²) in [6.45, 7) is 8.17. The van der Waals surface area contributed by atoms with Gasteiger partial charge in [0.2, 0.25) is 5.91 Å². The van der Waals surface area contributed by atoms with Crippen molar-refractivity contribution in [3.8, 4) is 6.07 Å². The van der Waals surface area contributed by atoms with E-state index < -0.39 is 0 Å². The minimum absolute atomic E-state index is 0.0398. The van der Waals surface area contributed by atoms with E-state index in [1.165, 1.54) is 0 Å². The second kappa shape index (κ2) is 6.30. The zero-order chi connectivity index (χ0) is 14.5. The number of nitriles is 1. The van der Waals surface area contributed by atoms with Gasteiger partial charge >= 0.3 is 0 Å². The van der Waals surface area contributed by atoms with E-state index in [1.54, 1.807) is 12.3 Å². The van der Waals surface area contributed by atoms with Gasteiger partial charge in [-0.1, -0.05) is 0 Å². The standard InChI is InChI=1S/C14H20N4O/c1-10(13(19)18-14(2,3)4)17-9-11-5-6-16-12(7-11)8-15/h5-7,10,17H,9H2,1-4H3,(H,18,19). The summed E-state index contributed by atoms with van der Waals surface area (Å²) in [6, 6.07) is 5.23. The van der Waals surface area contributed by atoms with Gasteiger partial charge < -0.3 is 10.6 Å². The van der Waals surface area contributed by atoms with Gasteiger partial charge in [0.15, 0.2) is 0 Å². The van der Waals surface area contributed by atoms with Crippen LogP contribution in [-0.2, 0) is 11.3 Å². The first-order valence-corrected chi connectivity index (χ1v) is 6.22. The molecule has 1 aromatic rings. The number of aromatic nitrogens is 1. The molecule has 1 rings (SSSR count). The highest BCUT2D eigenvalue weighted by Crippen LogP contribution is 2.02. The summed E-state index contributed by atoms with van der Waals surface area (Å²) in [7, 11) is 0. The van der Waals surface area contributed by atoms with Crippen LogP contribution in [0.4, 0.5) is 0 Å². The molecule has 19 heavy (non-hydrogen) atoms. The third kappa shape index (κ3) is 5.49. The number of carbonyl (C=O) groups is 1. The Balaban J connectivity index is 2.52. The minimum Gasteiger partial charge on any atom is -0.350 e. The number of pyridine rings is 1. The molecular formula is C14H20N4O. The zero-order valence-electron chi connectivity index (χ0n) is 11.8. The Hall–Kier alpha value is -1.93. The van der Waals surface area contributed by atoms with Crippen molar-refractivity contribution in [2.45, 2.75) is 45.8 Å². The first kappa shape index (κ1) is 15.1. The van der Waals surface area contributed by atoms with E-state index in [9.17, 15) is 4.79 Å². The van der Waals surface area contributed by atoms with Gasteiger partial charge in [-0.2, -0.15) is 5.26 Å². The van der Waals surface area contributed by atoms with Crippen LogP contribution >= 0.6 is 0 Å². The first-order valence-electron chi connectivity index (χ1n) is 6.22. The molecule has 0 aliphatic carbocycles. The van der Waals surface area contributed by atoms with Crippen LogP contribution in [0, 0.1) is 11.3 Å². The van der Waals surface area contributed by atoms with E-state index >= 15 is 0 Å². The third-order valence-electron chi connectivity index (χ3n) is 2.44. The highest BCUT2D eigenvalue weighted by Gasteiger charge is 2.18. The Kier molecular flexibility index (Phi) is 5.02. The first-order chi connectivity index (χ1) is 8.81. The van der Waals surface area contributed by atoms with E-state index in [-0.39, 0.29) is 17.5 Å². The van der Waals surface area contributed by atoms with Crippen LogP contribution < -0.4 is 10.6 Å². The van der Waals surface area contributed by atoms with Crippen molar-refractivity contribution in [3.05, 3.63) is 29.6 Å². The molecular weight excluding hydrogens is 240 g/mol. The molecule has 5 heteroatoms. The van der Waals surface area contributed by atoms with Crippen LogP contribution in [-0.4, -0.2) is 22.5 Å². The predicted molar refractivity (Wildman–Crippen MR) is 73.1 cm³/mol. The predicted octanol–water partition coefficient (Wildman–Crippen LogP) is 1.35. The molecule has 1 aromatic heterocycles. The maximum atomic E-state index is 11.9. The number of nitrogens with zero attached hydrogens (tertiary/aromatic N) is 2. The monoisotopic (exact) mass is 260 g/mol. The van der Waals surface area contributed by atoms with Gasteiger partial charge in [-0.15, -0.1) is 0 Å². The maximum absolute atomic E-state index is 11.9.